The van der Waals surface area contributed by atoms with Crippen LogP contribution in [0.3, 0.4) is 0 Å². The van der Waals surface area contributed by atoms with E-state index in [1.807, 2.05) is 74.8 Å². The molecule has 1 aromatic heterocycles. The van der Waals surface area contributed by atoms with Crippen LogP contribution in [0.15, 0.2) is 71.3 Å². The number of benzene rings is 2. The Bertz CT molecular complexity index is 1020. The number of aromatic nitrogens is 1. The summed E-state index contributed by atoms with van der Waals surface area (Å²) < 4.78 is 6.63. The fourth-order valence-electron chi connectivity index (χ4n) is 4.89. The third-order valence-electron chi connectivity index (χ3n) is 6.54. The number of carbonyl (C=O) groups is 1. The number of nitrogens with zero attached hydrogens (tertiary/aromatic N) is 2. The van der Waals surface area contributed by atoms with E-state index >= 15 is 0 Å². The number of ketones is 1. The minimum atomic E-state index is -1.24. The van der Waals surface area contributed by atoms with Gasteiger partial charge in [-0.1, -0.05) is 79.9 Å². The molecule has 3 aromatic rings. The van der Waals surface area contributed by atoms with Crippen LogP contribution in [0.25, 0.3) is 0 Å². The lowest BCUT2D eigenvalue weighted by atomic mass is 9.73. The topological polar surface area (TPSA) is 63.3 Å². The van der Waals surface area contributed by atoms with Gasteiger partial charge in [-0.25, -0.2) is 4.98 Å². The van der Waals surface area contributed by atoms with E-state index in [0.29, 0.717) is 34.8 Å². The van der Waals surface area contributed by atoms with E-state index in [4.69, 9.17) is 4.42 Å². The molecule has 0 aliphatic heterocycles. The molecule has 0 saturated heterocycles. The lowest BCUT2D eigenvalue weighted by molar-refractivity contribution is -0.896. The molecule has 0 unspecified atom stereocenters. The highest BCUT2D eigenvalue weighted by Crippen LogP contribution is 2.43. The van der Waals surface area contributed by atoms with E-state index in [-0.39, 0.29) is 11.7 Å². The Labute approximate surface area is 190 Å². The average Bonchev–Trinajstić information content (AvgIpc) is 3.28. The van der Waals surface area contributed by atoms with Gasteiger partial charge in [0.2, 0.25) is 11.7 Å². The zero-order valence-corrected chi connectivity index (χ0v) is 19.0. The van der Waals surface area contributed by atoms with Crippen molar-refractivity contribution in [2.45, 2.75) is 44.2 Å². The highest BCUT2D eigenvalue weighted by atomic mass is 16.4. The molecule has 1 saturated carbocycles. The monoisotopic (exact) mass is 433 g/mol. The fraction of sp³-hybridized carbons (Fsp3) is 0.407. The van der Waals surface area contributed by atoms with Gasteiger partial charge in [-0.2, -0.15) is 0 Å². The molecule has 0 amide bonds. The van der Waals surface area contributed by atoms with E-state index in [1.165, 1.54) is 6.42 Å². The number of oxazole rings is 1. The summed E-state index contributed by atoms with van der Waals surface area (Å²) in [5.74, 6) is 1.21. The summed E-state index contributed by atoms with van der Waals surface area (Å²) in [6.45, 7) is 0.868. The third kappa shape index (κ3) is 4.84. The minimum Gasteiger partial charge on any atom is -0.436 e. The van der Waals surface area contributed by atoms with Gasteiger partial charge in [-0.3, -0.25) is 4.79 Å². The minimum absolute atomic E-state index is 0.0762. The van der Waals surface area contributed by atoms with Crippen LogP contribution in [0.5, 0.6) is 0 Å². The molecule has 5 heteroatoms. The molecule has 1 aliphatic rings. The van der Waals surface area contributed by atoms with Crippen molar-refractivity contribution in [3.05, 3.63) is 89.6 Å². The van der Waals surface area contributed by atoms with Gasteiger partial charge in [0, 0.05) is 11.5 Å². The molecule has 1 fully saturated rings. The molecule has 5 nitrogen and oxygen atoms in total. The van der Waals surface area contributed by atoms with Crippen LogP contribution in [0.2, 0.25) is 0 Å². The molecule has 1 aliphatic carbocycles. The second kappa shape index (κ2) is 9.39. The molecule has 1 heterocycles. The van der Waals surface area contributed by atoms with Gasteiger partial charge in [-0.05, 0) is 18.4 Å². The van der Waals surface area contributed by atoms with Gasteiger partial charge >= 0.3 is 0 Å². The number of quaternary nitrogens is 1. The van der Waals surface area contributed by atoms with Crippen LogP contribution in [0, 0.1) is 5.92 Å². The molecule has 32 heavy (non-hydrogen) atoms. The fourth-order valence-corrected chi connectivity index (χ4v) is 4.89. The van der Waals surface area contributed by atoms with E-state index < -0.39 is 5.60 Å². The van der Waals surface area contributed by atoms with E-state index in [1.54, 1.807) is 6.20 Å². The zero-order valence-electron chi connectivity index (χ0n) is 19.0. The van der Waals surface area contributed by atoms with Crippen molar-refractivity contribution in [1.82, 2.24) is 4.98 Å². The van der Waals surface area contributed by atoms with E-state index in [2.05, 4.69) is 4.98 Å². The standard InChI is InChI=1S/C27H33N2O3/c1-29(2,20-25(30)21-12-6-3-7-13-21)19-24-18-28-26(32-24)27(31,22-14-8-4-9-15-22)23-16-10-5-11-17-23/h3-4,6-9,12-15,18,23,31H,5,10-11,16-17,19-20H2,1-2H3/q+1/t27-/m0/s1. The van der Waals surface area contributed by atoms with Crippen LogP contribution in [0.1, 0.15) is 59.7 Å². The van der Waals surface area contributed by atoms with Gasteiger partial charge in [-0.15, -0.1) is 0 Å². The van der Waals surface area contributed by atoms with Crippen LogP contribution in [-0.4, -0.2) is 41.0 Å². The van der Waals surface area contributed by atoms with Gasteiger partial charge in [0.25, 0.3) is 0 Å². The quantitative estimate of drug-likeness (QED) is 0.403. The summed E-state index contributed by atoms with van der Waals surface area (Å²) in [6, 6.07) is 19.1. The third-order valence-corrected chi connectivity index (χ3v) is 6.54. The second-order valence-electron chi connectivity index (χ2n) is 9.64. The predicted molar refractivity (Wildman–Crippen MR) is 124 cm³/mol. The molecule has 0 bridgehead atoms. The highest BCUT2D eigenvalue weighted by Gasteiger charge is 2.44. The Morgan fingerprint density at radius 3 is 2.31 bits per heavy atom. The Hall–Kier alpha value is -2.76. The average molecular weight is 434 g/mol. The number of aliphatic hydroxyl groups is 1. The number of rotatable bonds is 8. The number of likely N-dealkylation sites (N-methyl/N-ethyl adjacent to an activating group) is 1. The Morgan fingerprint density at radius 1 is 1.03 bits per heavy atom. The van der Waals surface area contributed by atoms with Crippen LogP contribution in [-0.2, 0) is 12.1 Å². The van der Waals surface area contributed by atoms with Gasteiger partial charge < -0.3 is 14.0 Å². The van der Waals surface area contributed by atoms with Crippen molar-refractivity contribution in [2.24, 2.45) is 5.92 Å². The van der Waals surface area contributed by atoms with Crippen molar-refractivity contribution < 1.29 is 18.8 Å². The number of Topliss-reactive ketones (excluding diaryl/α,β-unsaturated/α-hetero) is 1. The smallest absolute Gasteiger partial charge is 0.231 e. The summed E-state index contributed by atoms with van der Waals surface area (Å²) in [7, 11) is 4.02. The van der Waals surface area contributed by atoms with Crippen molar-refractivity contribution in [3.63, 3.8) is 0 Å². The first kappa shape index (κ1) is 22.4. The Morgan fingerprint density at radius 2 is 1.66 bits per heavy atom. The molecule has 168 valence electrons. The normalized spacial score (nSPS) is 17.1. The van der Waals surface area contributed by atoms with Crippen molar-refractivity contribution >= 4 is 5.78 Å². The van der Waals surface area contributed by atoms with Crippen LogP contribution >= 0.6 is 0 Å². The largest absolute Gasteiger partial charge is 0.436 e. The Balaban J connectivity index is 1.56. The summed E-state index contributed by atoms with van der Waals surface area (Å²) in [5, 5.41) is 12.0. The maximum atomic E-state index is 12.7. The molecule has 1 N–H and O–H groups in total. The Kier molecular flexibility index (Phi) is 6.58. The summed E-state index contributed by atoms with van der Waals surface area (Å²) in [5.41, 5.74) is 0.303. The molecule has 1 atom stereocenters. The van der Waals surface area contributed by atoms with Gasteiger partial charge in [0.1, 0.15) is 13.1 Å². The molecule has 4 rings (SSSR count). The molecule has 0 spiro atoms. The molecular formula is C27H33N2O3+. The maximum absolute atomic E-state index is 12.7. The number of carbonyl (C=O) groups excluding carboxylic acids is 1. The number of hydrogen-bond donors (Lipinski definition) is 1. The lowest BCUT2D eigenvalue weighted by Crippen LogP contribution is -2.43. The summed E-state index contributed by atoms with van der Waals surface area (Å²) >= 11 is 0. The molecule has 0 radical (unpaired) electrons. The predicted octanol–water partition coefficient (Wildman–Crippen LogP) is 4.95. The first-order valence-electron chi connectivity index (χ1n) is 11.5. The second-order valence-corrected chi connectivity index (χ2v) is 9.64. The van der Waals surface area contributed by atoms with Gasteiger partial charge in [0.15, 0.2) is 11.4 Å². The number of hydrogen-bond acceptors (Lipinski definition) is 4. The van der Waals surface area contributed by atoms with E-state index in [0.717, 1.165) is 31.2 Å². The first-order valence-corrected chi connectivity index (χ1v) is 11.5. The lowest BCUT2D eigenvalue weighted by Gasteiger charge is -2.36. The maximum Gasteiger partial charge on any atom is 0.231 e. The highest BCUT2D eigenvalue weighted by molar-refractivity contribution is 5.96. The zero-order chi connectivity index (χ0) is 22.6. The molecular weight excluding hydrogens is 400 g/mol. The molecule has 2 aromatic carbocycles. The van der Waals surface area contributed by atoms with Crippen molar-refractivity contribution in [1.29, 1.82) is 0 Å². The summed E-state index contributed by atoms with van der Waals surface area (Å²) in [4.78, 5) is 17.3. The van der Waals surface area contributed by atoms with Crippen LogP contribution in [0.4, 0.5) is 0 Å². The first-order chi connectivity index (χ1) is 15.4. The van der Waals surface area contributed by atoms with Crippen LogP contribution < -0.4 is 0 Å². The summed E-state index contributed by atoms with van der Waals surface area (Å²) in [6.07, 6.45) is 7.04. The van der Waals surface area contributed by atoms with E-state index in [9.17, 15) is 9.90 Å². The van der Waals surface area contributed by atoms with Gasteiger partial charge in [0.05, 0.1) is 20.3 Å². The SMILES string of the molecule is C[N+](C)(CC(=O)c1ccccc1)Cc1cnc([C@](O)(c2ccccc2)C2CCCCC2)o1. The van der Waals surface area contributed by atoms with Crippen molar-refractivity contribution in [2.75, 3.05) is 20.6 Å². The van der Waals surface area contributed by atoms with Crippen molar-refractivity contribution in [3.8, 4) is 0 Å².